The molecular weight excluding hydrogens is 621 g/mol. The van der Waals surface area contributed by atoms with Crippen LogP contribution in [0.2, 0.25) is 0 Å². The van der Waals surface area contributed by atoms with Crippen molar-refractivity contribution in [3.05, 3.63) is 102 Å². The molecule has 0 aromatic heterocycles. The van der Waals surface area contributed by atoms with Gasteiger partial charge in [0.05, 0.1) is 13.2 Å². The van der Waals surface area contributed by atoms with E-state index in [0.29, 0.717) is 0 Å². The Labute approximate surface area is 270 Å². The van der Waals surface area contributed by atoms with Gasteiger partial charge < -0.3 is 23.7 Å². The number of hydrogen-bond acceptors (Lipinski definition) is 8. The number of carbonyl (C=O) groups is 1. The first-order valence-corrected chi connectivity index (χ1v) is 15.7. The van der Waals surface area contributed by atoms with E-state index < -0.39 is 53.8 Å². The summed E-state index contributed by atoms with van der Waals surface area (Å²) >= 11 is 1.03. The number of amides is 1. The second kappa shape index (κ2) is 14.5. The molecule has 46 heavy (non-hydrogen) atoms. The van der Waals surface area contributed by atoms with Crippen LogP contribution in [0.25, 0.3) is 0 Å². The van der Waals surface area contributed by atoms with E-state index in [4.69, 9.17) is 28.7 Å². The SMILES string of the molecule is CN(C(=O)OC(C)(C)C)C1=N[C@@H]2[C@@H](OCc3ccccc3)[C@H](OCc3ccccc3)[C@@H]([C@H](Oc3ccccc3)C(F)(F)F)O[C@@H]2S1. The third kappa shape index (κ3) is 8.61. The third-order valence-corrected chi connectivity index (χ3v) is 8.40. The Hall–Kier alpha value is -3.58. The van der Waals surface area contributed by atoms with E-state index in [1.54, 1.807) is 39.0 Å². The number of alkyl halides is 3. The number of para-hydroxylation sites is 1. The second-order valence-electron chi connectivity index (χ2n) is 11.9. The van der Waals surface area contributed by atoms with E-state index in [2.05, 4.69) is 0 Å². The molecule has 5 rings (SSSR count). The van der Waals surface area contributed by atoms with E-state index in [9.17, 15) is 18.0 Å². The topological polar surface area (TPSA) is 78.8 Å². The number of halogens is 3. The monoisotopic (exact) mass is 658 g/mol. The number of ether oxygens (including phenoxy) is 5. The summed E-state index contributed by atoms with van der Waals surface area (Å²) in [5, 5.41) is 0.229. The van der Waals surface area contributed by atoms with Gasteiger partial charge in [0.1, 0.15) is 41.1 Å². The maximum atomic E-state index is 14.9. The summed E-state index contributed by atoms with van der Waals surface area (Å²) in [6, 6.07) is 25.4. The van der Waals surface area contributed by atoms with Gasteiger partial charge in [-0.05, 0) is 44.0 Å². The van der Waals surface area contributed by atoms with Crippen molar-refractivity contribution >= 4 is 23.0 Å². The lowest BCUT2D eigenvalue weighted by atomic mass is 9.93. The van der Waals surface area contributed by atoms with Gasteiger partial charge in [-0.2, -0.15) is 13.2 Å². The first-order chi connectivity index (χ1) is 21.9. The van der Waals surface area contributed by atoms with Crippen LogP contribution in [0.1, 0.15) is 31.9 Å². The van der Waals surface area contributed by atoms with Crippen molar-refractivity contribution in [2.24, 2.45) is 4.99 Å². The van der Waals surface area contributed by atoms with Crippen molar-refractivity contribution in [1.29, 1.82) is 0 Å². The van der Waals surface area contributed by atoms with Crippen molar-refractivity contribution in [2.75, 3.05) is 7.05 Å². The predicted molar refractivity (Wildman–Crippen MR) is 168 cm³/mol. The average Bonchev–Trinajstić information content (AvgIpc) is 3.45. The first kappa shape index (κ1) is 33.8. The van der Waals surface area contributed by atoms with Crippen molar-refractivity contribution in [1.82, 2.24) is 4.90 Å². The molecule has 3 aromatic carbocycles. The number of thioether (sulfide) groups is 1. The van der Waals surface area contributed by atoms with Gasteiger partial charge in [0.15, 0.2) is 5.17 Å². The van der Waals surface area contributed by atoms with Crippen molar-refractivity contribution in [2.45, 2.75) is 81.7 Å². The number of fused-ring (bicyclic) bond motifs is 1. The molecule has 246 valence electrons. The number of carbonyl (C=O) groups excluding carboxylic acids is 1. The summed E-state index contributed by atoms with van der Waals surface area (Å²) in [7, 11) is 1.50. The highest BCUT2D eigenvalue weighted by Gasteiger charge is 2.59. The molecule has 0 saturated carbocycles. The normalized spacial score (nSPS) is 23.6. The molecule has 1 saturated heterocycles. The van der Waals surface area contributed by atoms with Crippen LogP contribution >= 0.6 is 11.8 Å². The van der Waals surface area contributed by atoms with Crippen LogP contribution in [0.4, 0.5) is 18.0 Å². The van der Waals surface area contributed by atoms with Crippen molar-refractivity contribution in [3.63, 3.8) is 0 Å². The lowest BCUT2D eigenvalue weighted by molar-refractivity contribution is -0.276. The van der Waals surface area contributed by atoms with E-state index >= 15 is 0 Å². The Morgan fingerprint density at radius 1 is 0.870 bits per heavy atom. The van der Waals surface area contributed by atoms with E-state index in [1.807, 2.05) is 60.7 Å². The summed E-state index contributed by atoms with van der Waals surface area (Å²) in [4.78, 5) is 18.9. The Morgan fingerprint density at radius 3 is 1.91 bits per heavy atom. The van der Waals surface area contributed by atoms with Crippen LogP contribution in [-0.4, -0.2) is 70.9 Å². The van der Waals surface area contributed by atoms with Crippen molar-refractivity contribution < 1.29 is 41.7 Å². The highest BCUT2D eigenvalue weighted by atomic mass is 32.2. The molecule has 2 aliphatic rings. The van der Waals surface area contributed by atoms with Crippen LogP contribution in [0.5, 0.6) is 5.75 Å². The number of hydrogen-bond donors (Lipinski definition) is 0. The number of amidine groups is 1. The quantitative estimate of drug-likeness (QED) is 0.240. The van der Waals surface area contributed by atoms with Gasteiger partial charge in [-0.3, -0.25) is 9.89 Å². The second-order valence-corrected chi connectivity index (χ2v) is 13.0. The van der Waals surface area contributed by atoms with E-state index in [1.165, 1.54) is 24.1 Å². The van der Waals surface area contributed by atoms with Gasteiger partial charge in [-0.25, -0.2) is 4.79 Å². The van der Waals surface area contributed by atoms with Crippen LogP contribution in [-0.2, 0) is 32.2 Å². The first-order valence-electron chi connectivity index (χ1n) is 14.8. The number of aliphatic imine (C=N–C) groups is 1. The number of benzene rings is 3. The molecule has 8 nitrogen and oxygen atoms in total. The predicted octanol–water partition coefficient (Wildman–Crippen LogP) is 7.23. The van der Waals surface area contributed by atoms with Crippen LogP contribution < -0.4 is 4.74 Å². The van der Waals surface area contributed by atoms with Crippen LogP contribution in [0, 0.1) is 0 Å². The molecule has 2 heterocycles. The van der Waals surface area contributed by atoms with Crippen LogP contribution in [0.3, 0.4) is 0 Å². The molecule has 0 aliphatic carbocycles. The standard InChI is InChI=1S/C34H37F3N2O6S/c1-33(2,3)45-32(40)39(4)31-38-25-26(41-20-22-14-8-5-9-15-22)27(42-21-23-16-10-6-11-17-23)28(44-30(25)46-31)29(34(35,36)37)43-24-18-12-7-13-19-24/h5-19,25-30H,20-21H2,1-4H3/t25-,26-,27+,28+,29+,30-/m1/s1. The number of rotatable bonds is 9. The summed E-state index contributed by atoms with van der Waals surface area (Å²) < 4.78 is 74.8. The van der Waals surface area contributed by atoms with Gasteiger partial charge in [-0.1, -0.05) is 90.6 Å². The molecule has 3 aromatic rings. The molecule has 6 atom stereocenters. The largest absolute Gasteiger partial charge is 0.478 e. The molecule has 0 spiro atoms. The van der Waals surface area contributed by atoms with Crippen molar-refractivity contribution in [3.8, 4) is 5.75 Å². The minimum atomic E-state index is -4.84. The summed E-state index contributed by atoms with van der Waals surface area (Å²) in [5.41, 5.74) is -0.132. The highest BCUT2D eigenvalue weighted by Crippen LogP contribution is 2.43. The summed E-state index contributed by atoms with van der Waals surface area (Å²) in [5.74, 6) is 0.0276. The maximum Gasteiger partial charge on any atom is 0.428 e. The minimum absolute atomic E-state index is 0.00854. The lowest BCUT2D eigenvalue weighted by Crippen LogP contribution is -2.63. The zero-order valence-corrected chi connectivity index (χ0v) is 26.7. The Balaban J connectivity index is 1.52. The molecule has 1 fully saturated rings. The average molecular weight is 659 g/mol. The fraction of sp³-hybridized carbons (Fsp3) is 0.412. The number of nitrogens with zero attached hydrogens (tertiary/aromatic N) is 2. The minimum Gasteiger partial charge on any atom is -0.478 e. The smallest absolute Gasteiger partial charge is 0.428 e. The molecule has 0 N–H and O–H groups in total. The Kier molecular flexibility index (Phi) is 10.6. The molecule has 0 radical (unpaired) electrons. The molecular formula is C34H37F3N2O6S. The molecule has 2 aliphatic heterocycles. The Morgan fingerprint density at radius 2 is 1.39 bits per heavy atom. The molecule has 0 bridgehead atoms. The zero-order chi connectivity index (χ0) is 32.9. The van der Waals surface area contributed by atoms with Gasteiger partial charge in [0.25, 0.3) is 0 Å². The van der Waals surface area contributed by atoms with Crippen LogP contribution in [0.15, 0.2) is 96.0 Å². The Bertz CT molecular complexity index is 1460. The highest BCUT2D eigenvalue weighted by molar-refractivity contribution is 8.14. The molecule has 0 unspecified atom stereocenters. The summed E-state index contributed by atoms with van der Waals surface area (Å²) in [6.07, 6.45) is -11.8. The molecule has 1 amide bonds. The zero-order valence-electron chi connectivity index (χ0n) is 25.9. The van der Waals surface area contributed by atoms with Gasteiger partial charge >= 0.3 is 12.3 Å². The van der Waals surface area contributed by atoms with Gasteiger partial charge in [-0.15, -0.1) is 0 Å². The third-order valence-electron chi connectivity index (χ3n) is 7.19. The summed E-state index contributed by atoms with van der Waals surface area (Å²) in [6.45, 7) is 5.29. The fourth-order valence-electron chi connectivity index (χ4n) is 5.04. The lowest BCUT2D eigenvalue weighted by Gasteiger charge is -2.45. The van der Waals surface area contributed by atoms with E-state index in [0.717, 1.165) is 22.9 Å². The van der Waals surface area contributed by atoms with E-state index in [-0.39, 0.29) is 24.1 Å². The fourth-order valence-corrected chi connectivity index (χ4v) is 6.20. The van der Waals surface area contributed by atoms with Gasteiger partial charge in [0, 0.05) is 7.05 Å². The maximum absolute atomic E-state index is 14.9. The van der Waals surface area contributed by atoms with Gasteiger partial charge in [0.2, 0.25) is 6.10 Å². The molecule has 12 heteroatoms.